The van der Waals surface area contributed by atoms with E-state index in [1.54, 1.807) is 0 Å². The number of aliphatic hydroxyl groups is 1. The van der Waals surface area contributed by atoms with E-state index in [1.165, 1.54) is 148 Å². The summed E-state index contributed by atoms with van der Waals surface area (Å²) in [7, 11) is -9.91. The van der Waals surface area contributed by atoms with Gasteiger partial charge in [-0.15, -0.1) is 0 Å². The molecule has 0 saturated heterocycles. The van der Waals surface area contributed by atoms with Crippen LogP contribution in [0.25, 0.3) is 0 Å². The SMILES string of the molecule is CCC(C)CCCCCCCCC(=O)OC[C@H](COP(=O)(O)OC[C@H](O)COP(=O)(O)OC[C@@H](COC(=O)CCCCCCCCCC(C)C)OC(=O)CCCCCCCCCCCCCC(C)C)OC(=O)CCCCCCCCCCCCCCCCC(C)C. The minimum absolute atomic E-state index is 0.105. The topological polar surface area (TPSA) is 237 Å². The lowest BCUT2D eigenvalue weighted by atomic mass is 10.00. The highest BCUT2D eigenvalue weighted by Crippen LogP contribution is 2.45. The van der Waals surface area contributed by atoms with Gasteiger partial charge in [-0.25, -0.2) is 9.13 Å². The molecule has 0 amide bonds. The molecule has 0 bridgehead atoms. The van der Waals surface area contributed by atoms with Crippen LogP contribution >= 0.6 is 15.6 Å². The van der Waals surface area contributed by atoms with Crippen molar-refractivity contribution in [3.8, 4) is 0 Å². The van der Waals surface area contributed by atoms with Crippen molar-refractivity contribution >= 4 is 39.5 Å². The molecule has 3 unspecified atom stereocenters. The van der Waals surface area contributed by atoms with Crippen molar-refractivity contribution in [2.45, 2.75) is 375 Å². The second-order valence-corrected chi connectivity index (χ2v) is 30.6. The molecule has 0 rings (SSSR count). The van der Waals surface area contributed by atoms with Crippen molar-refractivity contribution in [2.24, 2.45) is 23.7 Å². The Bertz CT molecular complexity index is 1800. The number of aliphatic hydroxyl groups excluding tert-OH is 1. The van der Waals surface area contributed by atoms with Gasteiger partial charge in [0.25, 0.3) is 0 Å². The van der Waals surface area contributed by atoms with Crippen LogP contribution in [0.2, 0.25) is 0 Å². The summed E-state index contributed by atoms with van der Waals surface area (Å²) >= 11 is 0. The molecule has 91 heavy (non-hydrogen) atoms. The highest BCUT2D eigenvalue weighted by atomic mass is 31.2. The summed E-state index contributed by atoms with van der Waals surface area (Å²) in [6.07, 6.45) is 44.5. The minimum Gasteiger partial charge on any atom is -0.462 e. The molecule has 0 heterocycles. The molecule has 17 nitrogen and oxygen atoms in total. The summed E-state index contributed by atoms with van der Waals surface area (Å²) in [6, 6.07) is 0. The molecule has 0 spiro atoms. The van der Waals surface area contributed by atoms with E-state index < -0.39 is 97.5 Å². The molecule has 19 heteroatoms. The first-order chi connectivity index (χ1) is 43.6. The van der Waals surface area contributed by atoms with Gasteiger partial charge in [0.15, 0.2) is 12.2 Å². The number of phosphoric ester groups is 2. The van der Waals surface area contributed by atoms with Crippen molar-refractivity contribution < 1.29 is 80.2 Å². The highest BCUT2D eigenvalue weighted by Gasteiger charge is 2.30. The Hall–Kier alpha value is -1.94. The van der Waals surface area contributed by atoms with Crippen LogP contribution in [-0.2, 0) is 65.4 Å². The van der Waals surface area contributed by atoms with E-state index in [4.69, 9.17) is 37.0 Å². The quantitative estimate of drug-likeness (QED) is 0.0222. The fourth-order valence-corrected chi connectivity index (χ4v) is 12.4. The molecule has 0 aliphatic rings. The molecule has 0 radical (unpaired) electrons. The molecular weight excluding hydrogens is 1200 g/mol. The van der Waals surface area contributed by atoms with E-state index >= 15 is 0 Å². The van der Waals surface area contributed by atoms with Gasteiger partial charge >= 0.3 is 39.5 Å². The Balaban J connectivity index is 5.24. The van der Waals surface area contributed by atoms with Crippen molar-refractivity contribution in [1.29, 1.82) is 0 Å². The Kier molecular flexibility index (Phi) is 60.3. The molecule has 0 aromatic rings. The summed E-state index contributed by atoms with van der Waals surface area (Å²) in [5.41, 5.74) is 0. The zero-order valence-corrected chi connectivity index (χ0v) is 61.3. The molecule has 6 atom stereocenters. The summed E-state index contributed by atoms with van der Waals surface area (Å²) < 4.78 is 68.3. The molecule has 3 N–H and O–H groups in total. The predicted molar refractivity (Wildman–Crippen MR) is 367 cm³/mol. The second kappa shape index (κ2) is 61.6. The van der Waals surface area contributed by atoms with E-state index in [1.807, 2.05) is 0 Å². The van der Waals surface area contributed by atoms with Crippen molar-refractivity contribution in [3.63, 3.8) is 0 Å². The van der Waals surface area contributed by atoms with Crippen LogP contribution < -0.4 is 0 Å². The molecule has 540 valence electrons. The fourth-order valence-electron chi connectivity index (χ4n) is 10.8. The number of unbranched alkanes of at least 4 members (excludes halogenated alkanes) is 34. The third kappa shape index (κ3) is 65.1. The van der Waals surface area contributed by atoms with Crippen LogP contribution in [0.3, 0.4) is 0 Å². The van der Waals surface area contributed by atoms with E-state index in [-0.39, 0.29) is 25.7 Å². The first kappa shape index (κ1) is 89.1. The number of phosphoric acid groups is 2. The third-order valence-electron chi connectivity index (χ3n) is 16.9. The Morgan fingerprint density at radius 1 is 0.308 bits per heavy atom. The largest absolute Gasteiger partial charge is 0.472 e. The Morgan fingerprint density at radius 3 is 0.780 bits per heavy atom. The summed E-state index contributed by atoms with van der Waals surface area (Å²) in [6.45, 7) is 14.1. The Labute approximate surface area is 556 Å². The van der Waals surface area contributed by atoms with Gasteiger partial charge in [-0.05, 0) is 49.4 Å². The summed E-state index contributed by atoms with van der Waals surface area (Å²) in [5.74, 6) is 0.868. The van der Waals surface area contributed by atoms with Gasteiger partial charge in [-0.3, -0.25) is 37.3 Å². The maximum absolute atomic E-state index is 13.0. The van der Waals surface area contributed by atoms with Crippen LogP contribution in [0.15, 0.2) is 0 Å². The Morgan fingerprint density at radius 2 is 0.527 bits per heavy atom. The van der Waals surface area contributed by atoms with Gasteiger partial charge < -0.3 is 33.8 Å². The van der Waals surface area contributed by atoms with E-state index in [2.05, 4.69) is 55.4 Å². The monoisotopic (exact) mass is 1340 g/mol. The molecular formula is C72H140O17P2. The van der Waals surface area contributed by atoms with Crippen LogP contribution in [0.5, 0.6) is 0 Å². The average Bonchev–Trinajstić information content (AvgIpc) is 3.67. The fraction of sp³-hybridized carbons (Fsp3) is 0.944. The van der Waals surface area contributed by atoms with Crippen LogP contribution in [0.1, 0.15) is 357 Å². The van der Waals surface area contributed by atoms with Gasteiger partial charge in [0.2, 0.25) is 0 Å². The summed E-state index contributed by atoms with van der Waals surface area (Å²) in [5, 5.41) is 10.6. The van der Waals surface area contributed by atoms with Crippen LogP contribution in [0, 0.1) is 23.7 Å². The van der Waals surface area contributed by atoms with E-state index in [0.29, 0.717) is 31.6 Å². The van der Waals surface area contributed by atoms with Gasteiger partial charge in [0.1, 0.15) is 19.3 Å². The zero-order valence-electron chi connectivity index (χ0n) is 59.5. The lowest BCUT2D eigenvalue weighted by Crippen LogP contribution is -2.30. The van der Waals surface area contributed by atoms with Crippen LogP contribution in [0.4, 0.5) is 0 Å². The average molecular weight is 1340 g/mol. The molecule has 0 aliphatic carbocycles. The molecule has 0 fully saturated rings. The maximum Gasteiger partial charge on any atom is 0.472 e. The summed E-state index contributed by atoms with van der Waals surface area (Å²) in [4.78, 5) is 72.6. The zero-order chi connectivity index (χ0) is 67.5. The predicted octanol–water partition coefficient (Wildman–Crippen LogP) is 20.5. The lowest BCUT2D eigenvalue weighted by molar-refractivity contribution is -0.161. The van der Waals surface area contributed by atoms with Gasteiger partial charge in [-0.2, -0.15) is 0 Å². The first-order valence-corrected chi connectivity index (χ1v) is 40.2. The van der Waals surface area contributed by atoms with Gasteiger partial charge in [0, 0.05) is 25.7 Å². The molecule has 0 aliphatic heterocycles. The van der Waals surface area contributed by atoms with Gasteiger partial charge in [0.05, 0.1) is 26.4 Å². The highest BCUT2D eigenvalue weighted by molar-refractivity contribution is 7.47. The number of carbonyl (C=O) groups is 4. The minimum atomic E-state index is -4.95. The van der Waals surface area contributed by atoms with E-state index in [9.17, 15) is 43.2 Å². The normalized spacial score (nSPS) is 14.5. The number of carbonyl (C=O) groups excluding carboxylic acids is 4. The van der Waals surface area contributed by atoms with Crippen molar-refractivity contribution in [2.75, 3.05) is 39.6 Å². The second-order valence-electron chi connectivity index (χ2n) is 27.6. The molecule has 0 aromatic carbocycles. The number of ether oxygens (including phenoxy) is 4. The molecule has 0 saturated carbocycles. The number of hydrogen-bond donors (Lipinski definition) is 3. The number of esters is 4. The first-order valence-electron chi connectivity index (χ1n) is 37.2. The van der Waals surface area contributed by atoms with Crippen molar-refractivity contribution in [3.05, 3.63) is 0 Å². The lowest BCUT2D eigenvalue weighted by Gasteiger charge is -2.21. The van der Waals surface area contributed by atoms with Crippen molar-refractivity contribution in [1.82, 2.24) is 0 Å². The number of rotatable bonds is 69. The third-order valence-corrected chi connectivity index (χ3v) is 18.8. The molecule has 0 aromatic heterocycles. The number of hydrogen-bond acceptors (Lipinski definition) is 15. The standard InChI is InChI=1S/C72H140O17P2/c1-9-65(8)51-43-35-30-31-37-45-53-70(75)83-59-68(89-71(76)54-46-38-27-21-17-13-11-10-12-15-19-24-32-40-48-62(2)3)61-87-91(80,81)85-57-66(73)56-84-90(78,79)86-60-67(58-82-69(74)52-44-36-29-23-26-34-42-50-64(6)7)88-72(77)55-47-39-28-22-18-14-16-20-25-33-41-49-63(4)5/h62-68,73H,9-61H2,1-8H3,(H,78,79)(H,80,81)/t65?,66-,67-,68-/m1/s1. The van der Waals surface area contributed by atoms with E-state index in [0.717, 1.165) is 120 Å². The van der Waals surface area contributed by atoms with Crippen LogP contribution in [-0.4, -0.2) is 96.7 Å². The van der Waals surface area contributed by atoms with Gasteiger partial charge in [-0.1, -0.05) is 306 Å². The smallest absolute Gasteiger partial charge is 0.462 e. The maximum atomic E-state index is 13.0.